The minimum Gasteiger partial charge on any atom is -0.351 e. The fraction of sp³-hybridized carbons (Fsp3) is 0.923. The van der Waals surface area contributed by atoms with Gasteiger partial charge in [-0.2, -0.15) is 0 Å². The second-order valence-corrected chi connectivity index (χ2v) is 8.22. The van der Waals surface area contributed by atoms with E-state index in [1.54, 1.807) is 13.8 Å². The topological polar surface area (TPSA) is 89.3 Å². The van der Waals surface area contributed by atoms with E-state index in [0.29, 0.717) is 12.5 Å². The minimum atomic E-state index is -3.33. The molecule has 0 saturated heterocycles. The summed E-state index contributed by atoms with van der Waals surface area (Å²) in [5.74, 6) is -0.465. The van der Waals surface area contributed by atoms with Crippen molar-refractivity contribution in [2.24, 2.45) is 11.7 Å². The first-order valence-corrected chi connectivity index (χ1v) is 8.79. The Hall–Kier alpha value is -0.620. The Morgan fingerprint density at radius 2 is 1.84 bits per heavy atom. The lowest BCUT2D eigenvalue weighted by Gasteiger charge is -2.30. The maximum atomic E-state index is 11.8. The van der Waals surface area contributed by atoms with Crippen molar-refractivity contribution in [3.8, 4) is 0 Å². The molecule has 1 saturated carbocycles. The summed E-state index contributed by atoms with van der Waals surface area (Å²) in [5, 5.41) is 2.28. The van der Waals surface area contributed by atoms with Gasteiger partial charge >= 0.3 is 0 Å². The highest BCUT2D eigenvalue weighted by atomic mass is 32.2. The Morgan fingerprint density at radius 1 is 1.26 bits per heavy atom. The van der Waals surface area contributed by atoms with Crippen molar-refractivity contribution in [1.82, 2.24) is 5.32 Å². The van der Waals surface area contributed by atoms with Crippen molar-refractivity contribution < 1.29 is 13.2 Å². The summed E-state index contributed by atoms with van der Waals surface area (Å²) in [6.45, 7) is 3.55. The largest absolute Gasteiger partial charge is 0.351 e. The van der Waals surface area contributed by atoms with E-state index in [2.05, 4.69) is 5.32 Å². The van der Waals surface area contributed by atoms with Gasteiger partial charge in [-0.05, 0) is 32.6 Å². The highest BCUT2D eigenvalue weighted by Gasteiger charge is 2.26. The molecule has 0 aromatic carbocycles. The van der Waals surface area contributed by atoms with E-state index in [-0.39, 0.29) is 6.04 Å². The molecule has 19 heavy (non-hydrogen) atoms. The van der Waals surface area contributed by atoms with Crippen molar-refractivity contribution in [3.63, 3.8) is 0 Å². The number of hydrogen-bond acceptors (Lipinski definition) is 4. The van der Waals surface area contributed by atoms with Crippen LogP contribution in [-0.4, -0.2) is 37.9 Å². The summed E-state index contributed by atoms with van der Waals surface area (Å²) in [6.07, 6.45) is 5.71. The molecule has 1 unspecified atom stereocenters. The van der Waals surface area contributed by atoms with Crippen LogP contribution in [0.4, 0.5) is 0 Å². The van der Waals surface area contributed by atoms with Crippen LogP contribution < -0.4 is 11.1 Å². The normalized spacial score (nSPS) is 19.4. The predicted molar refractivity (Wildman–Crippen MR) is 76.5 cm³/mol. The van der Waals surface area contributed by atoms with Crippen LogP contribution in [0.1, 0.15) is 46.0 Å². The zero-order chi connectivity index (χ0) is 14.5. The number of carbonyl (C=O) groups is 1. The summed E-state index contributed by atoms with van der Waals surface area (Å²) < 4.78 is 23.4. The summed E-state index contributed by atoms with van der Waals surface area (Å²) in [4.78, 5) is 11.8. The molecule has 1 atom stereocenters. The standard InChI is InChI=1S/C13H26N2O3S/c1-10(2)19(17,18)9-13(16)15-12(8-14)11-6-4-3-5-7-11/h10-12H,3-9,14H2,1-2H3,(H,15,16). The van der Waals surface area contributed by atoms with Gasteiger partial charge in [0.1, 0.15) is 5.75 Å². The second kappa shape index (κ2) is 7.24. The van der Waals surface area contributed by atoms with E-state index < -0.39 is 26.7 Å². The van der Waals surface area contributed by atoms with Crippen LogP contribution in [0.3, 0.4) is 0 Å². The maximum Gasteiger partial charge on any atom is 0.235 e. The number of sulfone groups is 1. The minimum absolute atomic E-state index is 0.0878. The Bertz CT molecular complexity index is 387. The molecule has 0 aromatic rings. The average molecular weight is 290 g/mol. The molecular formula is C13H26N2O3S. The number of hydrogen-bond donors (Lipinski definition) is 2. The fourth-order valence-corrected chi connectivity index (χ4v) is 3.29. The first-order valence-electron chi connectivity index (χ1n) is 7.08. The number of amides is 1. The van der Waals surface area contributed by atoms with Gasteiger partial charge in [0, 0.05) is 12.6 Å². The number of nitrogens with two attached hydrogens (primary N) is 1. The highest BCUT2D eigenvalue weighted by molar-refractivity contribution is 7.92. The van der Waals surface area contributed by atoms with Crippen LogP contribution in [0.25, 0.3) is 0 Å². The SMILES string of the molecule is CC(C)S(=O)(=O)CC(=O)NC(CN)C1CCCCC1. The van der Waals surface area contributed by atoms with Crippen LogP contribution in [0.2, 0.25) is 0 Å². The molecule has 0 spiro atoms. The van der Waals surface area contributed by atoms with Gasteiger partial charge in [0.15, 0.2) is 9.84 Å². The van der Waals surface area contributed by atoms with Gasteiger partial charge in [-0.1, -0.05) is 19.3 Å². The van der Waals surface area contributed by atoms with Crippen LogP contribution in [0.15, 0.2) is 0 Å². The molecule has 0 aliphatic heterocycles. The Morgan fingerprint density at radius 3 is 2.32 bits per heavy atom. The Balaban J connectivity index is 2.53. The molecule has 0 aromatic heterocycles. The Kier molecular flexibility index (Phi) is 6.26. The van der Waals surface area contributed by atoms with E-state index in [0.717, 1.165) is 12.8 Å². The molecule has 0 heterocycles. The zero-order valence-corrected chi connectivity index (χ0v) is 12.7. The fourth-order valence-electron chi connectivity index (χ4n) is 2.50. The second-order valence-electron chi connectivity index (χ2n) is 5.66. The Labute approximate surface area is 116 Å². The summed E-state index contributed by atoms with van der Waals surface area (Å²) in [5.41, 5.74) is 5.71. The van der Waals surface area contributed by atoms with Crippen molar-refractivity contribution in [3.05, 3.63) is 0 Å². The summed E-state index contributed by atoms with van der Waals surface area (Å²) >= 11 is 0. The lowest BCUT2D eigenvalue weighted by Crippen LogP contribution is -2.48. The highest BCUT2D eigenvalue weighted by Crippen LogP contribution is 2.26. The van der Waals surface area contributed by atoms with Gasteiger partial charge in [0.25, 0.3) is 0 Å². The van der Waals surface area contributed by atoms with E-state index in [9.17, 15) is 13.2 Å². The van der Waals surface area contributed by atoms with E-state index in [1.807, 2.05) is 0 Å². The van der Waals surface area contributed by atoms with Crippen molar-refractivity contribution >= 4 is 15.7 Å². The molecular weight excluding hydrogens is 264 g/mol. The molecule has 5 nitrogen and oxygen atoms in total. The van der Waals surface area contributed by atoms with Gasteiger partial charge in [0.2, 0.25) is 5.91 Å². The smallest absolute Gasteiger partial charge is 0.235 e. The first-order chi connectivity index (χ1) is 8.86. The molecule has 1 amide bonds. The lowest BCUT2D eigenvalue weighted by atomic mass is 9.84. The van der Waals surface area contributed by atoms with Crippen molar-refractivity contribution in [2.45, 2.75) is 57.2 Å². The lowest BCUT2D eigenvalue weighted by molar-refractivity contribution is -0.119. The molecule has 6 heteroatoms. The molecule has 0 bridgehead atoms. The van der Waals surface area contributed by atoms with Gasteiger partial charge < -0.3 is 11.1 Å². The number of nitrogens with one attached hydrogen (secondary N) is 1. The third-order valence-electron chi connectivity index (χ3n) is 3.87. The van der Waals surface area contributed by atoms with Crippen LogP contribution in [0, 0.1) is 5.92 Å². The monoisotopic (exact) mass is 290 g/mol. The third-order valence-corrected chi connectivity index (χ3v) is 5.97. The van der Waals surface area contributed by atoms with Crippen LogP contribution in [0.5, 0.6) is 0 Å². The van der Waals surface area contributed by atoms with Gasteiger partial charge in [-0.3, -0.25) is 4.79 Å². The maximum absolute atomic E-state index is 11.8. The van der Waals surface area contributed by atoms with Crippen LogP contribution in [-0.2, 0) is 14.6 Å². The molecule has 112 valence electrons. The molecule has 1 aliphatic carbocycles. The van der Waals surface area contributed by atoms with Crippen LogP contribution >= 0.6 is 0 Å². The third kappa shape index (κ3) is 5.10. The number of rotatable bonds is 6. The van der Waals surface area contributed by atoms with Gasteiger partial charge in [-0.15, -0.1) is 0 Å². The molecule has 1 rings (SSSR count). The molecule has 0 radical (unpaired) electrons. The molecule has 1 aliphatic rings. The van der Waals surface area contributed by atoms with Crippen molar-refractivity contribution in [2.75, 3.05) is 12.3 Å². The van der Waals surface area contributed by atoms with E-state index in [1.165, 1.54) is 19.3 Å². The number of carbonyl (C=O) groups excluding carboxylic acids is 1. The molecule has 3 N–H and O–H groups in total. The van der Waals surface area contributed by atoms with Gasteiger partial charge in [-0.25, -0.2) is 8.42 Å². The molecule has 1 fully saturated rings. The first kappa shape index (κ1) is 16.4. The summed E-state index contributed by atoms with van der Waals surface area (Å²) in [7, 11) is -3.33. The quantitative estimate of drug-likeness (QED) is 0.758. The van der Waals surface area contributed by atoms with Gasteiger partial charge in [0.05, 0.1) is 5.25 Å². The summed E-state index contributed by atoms with van der Waals surface area (Å²) in [6, 6.07) is -0.0878. The average Bonchev–Trinajstić information content (AvgIpc) is 2.36. The van der Waals surface area contributed by atoms with Crippen molar-refractivity contribution in [1.29, 1.82) is 0 Å². The van der Waals surface area contributed by atoms with E-state index >= 15 is 0 Å². The predicted octanol–water partition coefficient (Wildman–Crippen LogP) is 0.833. The zero-order valence-electron chi connectivity index (χ0n) is 11.9. The van der Waals surface area contributed by atoms with E-state index in [4.69, 9.17) is 5.73 Å².